The summed E-state index contributed by atoms with van der Waals surface area (Å²) in [4.78, 5) is 27.3. The molecule has 1 N–H and O–H groups in total. The Bertz CT molecular complexity index is 369. The summed E-state index contributed by atoms with van der Waals surface area (Å²) in [7, 11) is 0. The van der Waals surface area contributed by atoms with Crippen LogP contribution in [0.4, 0.5) is 0 Å². The minimum absolute atomic E-state index is 0.00180. The first kappa shape index (κ1) is 17.0. The molecule has 0 bridgehead atoms. The third-order valence-corrected chi connectivity index (χ3v) is 4.91. The molecule has 4 nitrogen and oxygen atoms in total. The second kappa shape index (κ2) is 6.15. The first-order valence-corrected chi connectivity index (χ1v) is 7.93. The lowest BCUT2D eigenvalue weighted by molar-refractivity contribution is -0.163. The molecule has 0 spiro atoms. The Balaban J connectivity index is 3.19. The Morgan fingerprint density at radius 1 is 1.05 bits per heavy atom. The van der Waals surface area contributed by atoms with Crippen molar-refractivity contribution in [2.45, 2.75) is 78.3 Å². The average Bonchev–Trinajstić information content (AvgIpc) is 2.41. The minimum atomic E-state index is -0.795. The fraction of sp³-hybridized carbons (Fsp3) is 0.875. The highest BCUT2D eigenvalue weighted by Gasteiger charge is 2.53. The van der Waals surface area contributed by atoms with E-state index < -0.39 is 11.1 Å². The molecule has 0 aromatic rings. The van der Waals surface area contributed by atoms with Crippen LogP contribution in [-0.4, -0.2) is 34.3 Å². The van der Waals surface area contributed by atoms with E-state index in [1.165, 1.54) is 0 Å². The Hall–Kier alpha value is -1.06. The van der Waals surface area contributed by atoms with Gasteiger partial charge in [0, 0.05) is 6.54 Å². The molecule has 1 rings (SSSR count). The Morgan fingerprint density at radius 3 is 1.95 bits per heavy atom. The molecule has 1 heterocycles. The van der Waals surface area contributed by atoms with E-state index in [0.29, 0.717) is 25.3 Å². The van der Waals surface area contributed by atoms with Gasteiger partial charge in [0.05, 0.1) is 0 Å². The molecule has 0 atom stereocenters. The van der Waals surface area contributed by atoms with Gasteiger partial charge in [-0.15, -0.1) is 0 Å². The van der Waals surface area contributed by atoms with Crippen LogP contribution in [0.1, 0.15) is 67.2 Å². The van der Waals surface area contributed by atoms with E-state index in [1.54, 1.807) is 13.8 Å². The molecule has 0 aromatic heterocycles. The van der Waals surface area contributed by atoms with E-state index in [2.05, 4.69) is 19.2 Å². The highest BCUT2D eigenvalue weighted by molar-refractivity contribution is 6.01. The van der Waals surface area contributed by atoms with Gasteiger partial charge in [-0.05, 0) is 32.6 Å². The number of carbonyl (C=O) groups excluding carboxylic acids is 2. The number of hydrogen-bond acceptors (Lipinski definition) is 2. The first-order chi connectivity index (χ1) is 9.28. The number of hydrogen-bond donors (Lipinski definition) is 1. The van der Waals surface area contributed by atoms with Crippen LogP contribution in [-0.2, 0) is 9.59 Å². The van der Waals surface area contributed by atoms with Gasteiger partial charge in [0.15, 0.2) is 0 Å². The van der Waals surface area contributed by atoms with E-state index in [4.69, 9.17) is 0 Å². The molecule has 1 fully saturated rings. The van der Waals surface area contributed by atoms with Gasteiger partial charge >= 0.3 is 0 Å². The van der Waals surface area contributed by atoms with E-state index in [1.807, 2.05) is 18.7 Å². The second-order valence-electron chi connectivity index (χ2n) is 6.42. The predicted octanol–water partition coefficient (Wildman–Crippen LogP) is 2.72. The summed E-state index contributed by atoms with van der Waals surface area (Å²) < 4.78 is 0. The average molecular weight is 282 g/mol. The van der Waals surface area contributed by atoms with Crippen LogP contribution in [0.3, 0.4) is 0 Å². The van der Waals surface area contributed by atoms with Gasteiger partial charge in [0.2, 0.25) is 11.8 Å². The molecule has 0 aliphatic carbocycles. The molecule has 20 heavy (non-hydrogen) atoms. The largest absolute Gasteiger partial charge is 0.340 e. The number of amides is 2. The van der Waals surface area contributed by atoms with Gasteiger partial charge in [-0.3, -0.25) is 9.59 Å². The number of carbonyl (C=O) groups is 2. The topological polar surface area (TPSA) is 49.4 Å². The molecule has 116 valence electrons. The summed E-state index contributed by atoms with van der Waals surface area (Å²) >= 11 is 0. The maximum absolute atomic E-state index is 12.8. The number of piperazine rings is 1. The Labute approximate surface area is 123 Å². The minimum Gasteiger partial charge on any atom is -0.340 e. The Morgan fingerprint density at radius 2 is 1.55 bits per heavy atom. The quantitative estimate of drug-likeness (QED) is 0.814. The van der Waals surface area contributed by atoms with Gasteiger partial charge in [-0.25, -0.2) is 0 Å². The summed E-state index contributed by atoms with van der Waals surface area (Å²) in [6.45, 7) is 12.6. The number of rotatable bonds is 6. The van der Waals surface area contributed by atoms with Crippen molar-refractivity contribution in [3.8, 4) is 0 Å². The molecular formula is C16H30N2O2. The summed E-state index contributed by atoms with van der Waals surface area (Å²) in [6.07, 6.45) is 3.40. The SMILES string of the molecule is CCC(CC)CN1C(=O)C(C)(C)NC(=O)C1(CC)CC. The summed E-state index contributed by atoms with van der Waals surface area (Å²) in [5.74, 6) is 0.504. The lowest BCUT2D eigenvalue weighted by atomic mass is 9.81. The second-order valence-corrected chi connectivity index (χ2v) is 6.42. The molecule has 0 aromatic carbocycles. The smallest absolute Gasteiger partial charge is 0.248 e. The maximum atomic E-state index is 12.8. The van der Waals surface area contributed by atoms with Crippen molar-refractivity contribution in [3.05, 3.63) is 0 Å². The zero-order valence-corrected chi connectivity index (χ0v) is 13.9. The van der Waals surface area contributed by atoms with Crippen LogP contribution in [0.15, 0.2) is 0 Å². The maximum Gasteiger partial charge on any atom is 0.248 e. The van der Waals surface area contributed by atoms with E-state index >= 15 is 0 Å². The van der Waals surface area contributed by atoms with Gasteiger partial charge < -0.3 is 10.2 Å². The van der Waals surface area contributed by atoms with E-state index in [0.717, 1.165) is 12.8 Å². The molecule has 1 saturated heterocycles. The molecule has 2 amide bonds. The highest BCUT2D eigenvalue weighted by Crippen LogP contribution is 2.33. The number of nitrogens with zero attached hydrogens (tertiary/aromatic N) is 1. The molecule has 1 aliphatic rings. The molecule has 1 aliphatic heterocycles. The third kappa shape index (κ3) is 2.70. The van der Waals surface area contributed by atoms with Crippen LogP contribution in [0.25, 0.3) is 0 Å². The van der Waals surface area contributed by atoms with Crippen LogP contribution in [0, 0.1) is 5.92 Å². The zero-order chi connectivity index (χ0) is 15.6. The summed E-state index contributed by atoms with van der Waals surface area (Å²) in [5, 5.41) is 2.91. The van der Waals surface area contributed by atoms with Crippen molar-refractivity contribution in [3.63, 3.8) is 0 Å². The van der Waals surface area contributed by atoms with Crippen LogP contribution >= 0.6 is 0 Å². The van der Waals surface area contributed by atoms with Gasteiger partial charge in [0.25, 0.3) is 0 Å². The van der Waals surface area contributed by atoms with Crippen molar-refractivity contribution < 1.29 is 9.59 Å². The number of nitrogens with one attached hydrogen (secondary N) is 1. The molecular weight excluding hydrogens is 252 g/mol. The van der Waals surface area contributed by atoms with Gasteiger partial charge in [-0.1, -0.05) is 40.5 Å². The van der Waals surface area contributed by atoms with E-state index in [9.17, 15) is 9.59 Å². The van der Waals surface area contributed by atoms with Crippen LogP contribution < -0.4 is 5.32 Å². The lowest BCUT2D eigenvalue weighted by Crippen LogP contribution is -2.74. The van der Waals surface area contributed by atoms with Crippen molar-refractivity contribution in [1.29, 1.82) is 0 Å². The van der Waals surface area contributed by atoms with Crippen molar-refractivity contribution in [1.82, 2.24) is 10.2 Å². The van der Waals surface area contributed by atoms with Crippen LogP contribution in [0.2, 0.25) is 0 Å². The Kier molecular flexibility index (Phi) is 5.22. The standard InChI is InChI=1S/C16H30N2O2/c1-7-12(8-2)11-18-14(20)15(5,6)17-13(19)16(18,9-3)10-4/h12H,7-11H2,1-6H3,(H,17,19). The predicted molar refractivity (Wildman–Crippen MR) is 81.3 cm³/mol. The summed E-state index contributed by atoms with van der Waals surface area (Å²) in [6, 6.07) is 0. The molecule has 0 unspecified atom stereocenters. The first-order valence-electron chi connectivity index (χ1n) is 7.93. The fourth-order valence-corrected chi connectivity index (χ4v) is 3.12. The van der Waals surface area contributed by atoms with Gasteiger partial charge in [0.1, 0.15) is 11.1 Å². The molecule has 0 saturated carbocycles. The van der Waals surface area contributed by atoms with E-state index in [-0.39, 0.29) is 11.8 Å². The zero-order valence-electron chi connectivity index (χ0n) is 13.9. The van der Waals surface area contributed by atoms with Crippen molar-refractivity contribution in [2.75, 3.05) is 6.54 Å². The normalized spacial score (nSPS) is 21.2. The van der Waals surface area contributed by atoms with Crippen molar-refractivity contribution in [2.24, 2.45) is 5.92 Å². The third-order valence-electron chi connectivity index (χ3n) is 4.91. The molecule has 0 radical (unpaired) electrons. The van der Waals surface area contributed by atoms with Crippen LogP contribution in [0.5, 0.6) is 0 Å². The highest BCUT2D eigenvalue weighted by atomic mass is 16.2. The molecule has 4 heteroatoms. The summed E-state index contributed by atoms with van der Waals surface area (Å²) in [5.41, 5.74) is -1.47. The van der Waals surface area contributed by atoms with Gasteiger partial charge in [-0.2, -0.15) is 0 Å². The fourth-order valence-electron chi connectivity index (χ4n) is 3.12. The van der Waals surface area contributed by atoms with Crippen molar-refractivity contribution >= 4 is 11.8 Å². The monoisotopic (exact) mass is 282 g/mol. The lowest BCUT2D eigenvalue weighted by Gasteiger charge is -2.51.